The van der Waals surface area contributed by atoms with Gasteiger partial charge in [-0.2, -0.15) is 0 Å². The standard InChI is InChI=1S/C11H14ClNO2/c12-10-7-9(8-14)1-2-11(10)13-3-5-15-6-4-13/h1-2,7,14H,3-6,8H2. The zero-order valence-electron chi connectivity index (χ0n) is 8.45. The van der Waals surface area contributed by atoms with Crippen LogP contribution in [0.15, 0.2) is 18.2 Å². The van der Waals surface area contributed by atoms with Gasteiger partial charge in [-0.1, -0.05) is 17.7 Å². The zero-order valence-corrected chi connectivity index (χ0v) is 9.20. The predicted molar refractivity (Wildman–Crippen MR) is 60.4 cm³/mol. The zero-order chi connectivity index (χ0) is 10.7. The molecule has 1 fully saturated rings. The first-order valence-electron chi connectivity index (χ1n) is 5.03. The first-order chi connectivity index (χ1) is 7.31. The van der Waals surface area contributed by atoms with Crippen LogP contribution >= 0.6 is 11.6 Å². The van der Waals surface area contributed by atoms with E-state index in [1.54, 1.807) is 0 Å². The molecule has 1 saturated heterocycles. The topological polar surface area (TPSA) is 32.7 Å². The van der Waals surface area contributed by atoms with Crippen molar-refractivity contribution >= 4 is 17.3 Å². The number of anilines is 1. The van der Waals surface area contributed by atoms with Crippen LogP contribution in [0.1, 0.15) is 5.56 Å². The Bertz CT molecular complexity index is 337. The van der Waals surface area contributed by atoms with Crippen molar-refractivity contribution in [3.8, 4) is 0 Å². The van der Waals surface area contributed by atoms with Crippen molar-refractivity contribution in [1.82, 2.24) is 0 Å². The number of hydrogen-bond donors (Lipinski definition) is 1. The van der Waals surface area contributed by atoms with Gasteiger partial charge in [0.15, 0.2) is 0 Å². The number of halogens is 1. The molecule has 3 nitrogen and oxygen atoms in total. The summed E-state index contributed by atoms with van der Waals surface area (Å²) in [6.07, 6.45) is 0. The molecule has 4 heteroatoms. The molecule has 0 radical (unpaired) electrons. The SMILES string of the molecule is OCc1ccc(N2CCOCC2)c(Cl)c1. The molecule has 15 heavy (non-hydrogen) atoms. The van der Waals surface area contributed by atoms with Gasteiger partial charge < -0.3 is 14.7 Å². The van der Waals surface area contributed by atoms with Crippen LogP contribution in [-0.2, 0) is 11.3 Å². The van der Waals surface area contributed by atoms with Gasteiger partial charge in [0.2, 0.25) is 0 Å². The largest absolute Gasteiger partial charge is 0.392 e. The van der Waals surface area contributed by atoms with Crippen molar-refractivity contribution in [1.29, 1.82) is 0 Å². The van der Waals surface area contributed by atoms with E-state index >= 15 is 0 Å². The maximum absolute atomic E-state index is 8.97. The van der Waals surface area contributed by atoms with Crippen molar-refractivity contribution in [2.24, 2.45) is 0 Å². The second-order valence-electron chi connectivity index (χ2n) is 3.54. The summed E-state index contributed by atoms with van der Waals surface area (Å²) in [5.41, 5.74) is 1.87. The lowest BCUT2D eigenvalue weighted by Crippen LogP contribution is -2.36. The van der Waals surface area contributed by atoms with Gasteiger partial charge >= 0.3 is 0 Å². The van der Waals surface area contributed by atoms with Gasteiger partial charge in [-0.15, -0.1) is 0 Å². The normalized spacial score (nSPS) is 16.8. The smallest absolute Gasteiger partial charge is 0.0682 e. The van der Waals surface area contributed by atoms with Crippen LogP contribution in [0.25, 0.3) is 0 Å². The van der Waals surface area contributed by atoms with E-state index in [1.165, 1.54) is 0 Å². The minimum absolute atomic E-state index is 0.0309. The summed E-state index contributed by atoms with van der Waals surface area (Å²) in [5.74, 6) is 0. The Balaban J connectivity index is 2.19. The van der Waals surface area contributed by atoms with Gasteiger partial charge in [0.25, 0.3) is 0 Å². The van der Waals surface area contributed by atoms with E-state index in [1.807, 2.05) is 18.2 Å². The minimum Gasteiger partial charge on any atom is -0.392 e. The number of morpholine rings is 1. The first kappa shape index (κ1) is 10.7. The molecule has 0 aliphatic carbocycles. The fraction of sp³-hybridized carbons (Fsp3) is 0.455. The third kappa shape index (κ3) is 2.43. The van der Waals surface area contributed by atoms with Crippen LogP contribution in [-0.4, -0.2) is 31.4 Å². The highest BCUT2D eigenvalue weighted by atomic mass is 35.5. The average Bonchev–Trinajstić information content (AvgIpc) is 2.30. The van der Waals surface area contributed by atoms with E-state index in [9.17, 15) is 0 Å². The Kier molecular flexibility index (Phi) is 3.46. The fourth-order valence-electron chi connectivity index (χ4n) is 1.71. The van der Waals surface area contributed by atoms with E-state index in [0.29, 0.717) is 5.02 Å². The fourth-order valence-corrected chi connectivity index (χ4v) is 2.03. The molecule has 0 unspecified atom stereocenters. The number of hydrogen-bond acceptors (Lipinski definition) is 3. The van der Waals surface area contributed by atoms with Gasteiger partial charge in [-0.3, -0.25) is 0 Å². The molecule has 1 heterocycles. The molecule has 0 bridgehead atoms. The lowest BCUT2D eigenvalue weighted by atomic mass is 10.2. The van der Waals surface area contributed by atoms with Crippen LogP contribution in [0.3, 0.4) is 0 Å². The Labute approximate surface area is 94.2 Å². The van der Waals surface area contributed by atoms with Crippen molar-refractivity contribution in [3.05, 3.63) is 28.8 Å². The van der Waals surface area contributed by atoms with Gasteiger partial charge in [0, 0.05) is 13.1 Å². The summed E-state index contributed by atoms with van der Waals surface area (Å²) >= 11 is 6.15. The second kappa shape index (κ2) is 4.84. The summed E-state index contributed by atoms with van der Waals surface area (Å²) in [7, 11) is 0. The molecule has 1 aromatic carbocycles. The Hall–Kier alpha value is -0.770. The van der Waals surface area contributed by atoms with E-state index in [4.69, 9.17) is 21.4 Å². The van der Waals surface area contributed by atoms with Gasteiger partial charge in [0.05, 0.1) is 30.5 Å². The van der Waals surface area contributed by atoms with Crippen molar-refractivity contribution in [2.45, 2.75) is 6.61 Å². The predicted octanol–water partition coefficient (Wildman–Crippen LogP) is 1.67. The maximum atomic E-state index is 8.97. The molecule has 82 valence electrons. The van der Waals surface area contributed by atoms with Crippen molar-refractivity contribution in [2.75, 3.05) is 31.2 Å². The van der Waals surface area contributed by atoms with Crippen LogP contribution in [0.2, 0.25) is 5.02 Å². The highest BCUT2D eigenvalue weighted by Crippen LogP contribution is 2.27. The lowest BCUT2D eigenvalue weighted by molar-refractivity contribution is 0.122. The quantitative estimate of drug-likeness (QED) is 0.835. The number of aliphatic hydroxyl groups is 1. The molecule has 0 spiro atoms. The molecule has 0 saturated carbocycles. The molecule has 0 amide bonds. The minimum atomic E-state index is 0.0309. The van der Waals surface area contributed by atoms with Crippen LogP contribution in [0.5, 0.6) is 0 Å². The van der Waals surface area contributed by atoms with Gasteiger partial charge in [0.1, 0.15) is 0 Å². The monoisotopic (exact) mass is 227 g/mol. The van der Waals surface area contributed by atoms with Crippen LogP contribution in [0, 0.1) is 0 Å². The number of benzene rings is 1. The Morgan fingerprint density at radius 1 is 1.33 bits per heavy atom. The maximum Gasteiger partial charge on any atom is 0.0682 e. The molecule has 1 N–H and O–H groups in total. The van der Waals surface area contributed by atoms with E-state index in [-0.39, 0.29) is 6.61 Å². The summed E-state index contributed by atoms with van der Waals surface area (Å²) in [5, 5.41) is 9.67. The van der Waals surface area contributed by atoms with E-state index in [0.717, 1.165) is 37.6 Å². The molecule has 2 rings (SSSR count). The summed E-state index contributed by atoms with van der Waals surface area (Å²) in [4.78, 5) is 2.20. The van der Waals surface area contributed by atoms with E-state index < -0.39 is 0 Å². The summed E-state index contributed by atoms with van der Waals surface area (Å²) in [6.45, 7) is 3.27. The summed E-state index contributed by atoms with van der Waals surface area (Å²) < 4.78 is 5.28. The molecule has 0 atom stereocenters. The molecule has 1 aromatic rings. The molecule has 0 aromatic heterocycles. The number of aliphatic hydroxyl groups excluding tert-OH is 1. The van der Waals surface area contributed by atoms with Crippen molar-refractivity contribution < 1.29 is 9.84 Å². The molecular weight excluding hydrogens is 214 g/mol. The number of ether oxygens (including phenoxy) is 1. The number of nitrogens with zero attached hydrogens (tertiary/aromatic N) is 1. The van der Waals surface area contributed by atoms with Gasteiger partial charge in [-0.05, 0) is 17.7 Å². The summed E-state index contributed by atoms with van der Waals surface area (Å²) in [6, 6.07) is 5.67. The van der Waals surface area contributed by atoms with Gasteiger partial charge in [-0.25, -0.2) is 0 Å². The Morgan fingerprint density at radius 2 is 2.07 bits per heavy atom. The molecule has 1 aliphatic heterocycles. The lowest BCUT2D eigenvalue weighted by Gasteiger charge is -2.29. The third-order valence-electron chi connectivity index (χ3n) is 2.55. The van der Waals surface area contributed by atoms with E-state index in [2.05, 4.69) is 4.90 Å². The highest BCUT2D eigenvalue weighted by Gasteiger charge is 2.13. The second-order valence-corrected chi connectivity index (χ2v) is 3.95. The third-order valence-corrected chi connectivity index (χ3v) is 2.85. The Morgan fingerprint density at radius 3 is 2.67 bits per heavy atom. The average molecular weight is 228 g/mol. The molecule has 1 aliphatic rings. The molecular formula is C11H14ClNO2. The van der Waals surface area contributed by atoms with Crippen LogP contribution in [0.4, 0.5) is 5.69 Å². The van der Waals surface area contributed by atoms with Crippen LogP contribution < -0.4 is 4.90 Å². The number of rotatable bonds is 2. The first-order valence-corrected chi connectivity index (χ1v) is 5.41. The van der Waals surface area contributed by atoms with Crippen molar-refractivity contribution in [3.63, 3.8) is 0 Å². The highest BCUT2D eigenvalue weighted by molar-refractivity contribution is 6.33.